The fourth-order valence-corrected chi connectivity index (χ4v) is 4.78. The summed E-state index contributed by atoms with van der Waals surface area (Å²) in [6.07, 6.45) is 1.52. The van der Waals surface area contributed by atoms with Gasteiger partial charge in [-0.2, -0.15) is 5.10 Å². The molecule has 0 amide bonds. The molecule has 38 heavy (non-hydrogen) atoms. The molecule has 0 aliphatic carbocycles. The van der Waals surface area contributed by atoms with Crippen LogP contribution >= 0.6 is 0 Å². The van der Waals surface area contributed by atoms with Crippen LogP contribution in [0.5, 0.6) is 5.75 Å². The van der Waals surface area contributed by atoms with E-state index in [1.807, 2.05) is 35.2 Å². The molecule has 1 saturated heterocycles. The summed E-state index contributed by atoms with van der Waals surface area (Å²) >= 11 is 0. The van der Waals surface area contributed by atoms with Crippen molar-refractivity contribution in [1.82, 2.24) is 9.78 Å². The number of fused-ring (bicyclic) bond motifs is 3. The van der Waals surface area contributed by atoms with Crippen LogP contribution in [0, 0.1) is 17.5 Å². The van der Waals surface area contributed by atoms with E-state index in [0.29, 0.717) is 55.5 Å². The van der Waals surface area contributed by atoms with Crippen LogP contribution in [0.15, 0.2) is 65.8 Å². The number of aromatic nitrogens is 2. The Kier molecular flexibility index (Phi) is 6.24. The van der Waals surface area contributed by atoms with E-state index >= 15 is 4.39 Å². The van der Waals surface area contributed by atoms with E-state index in [0.717, 1.165) is 23.4 Å². The van der Waals surface area contributed by atoms with Gasteiger partial charge in [0.1, 0.15) is 34.7 Å². The molecule has 0 radical (unpaired) electrons. The number of hydrogen-bond acceptors (Lipinski definition) is 6. The number of aliphatic imine (C=N–C) groups is 1. The highest BCUT2D eigenvalue weighted by molar-refractivity contribution is 6.13. The predicted molar refractivity (Wildman–Crippen MR) is 139 cm³/mol. The van der Waals surface area contributed by atoms with E-state index < -0.39 is 17.5 Å². The van der Waals surface area contributed by atoms with Gasteiger partial charge >= 0.3 is 0 Å². The molecular formula is C28H24F3N5O2. The molecule has 3 aromatic carbocycles. The molecule has 6 rings (SSSR count). The molecule has 10 heteroatoms. The predicted octanol–water partition coefficient (Wildman–Crippen LogP) is 5.36. The zero-order chi connectivity index (χ0) is 26.2. The molecule has 0 saturated carbocycles. The Bertz CT molecular complexity index is 1510. The molecule has 2 aliphatic rings. The van der Waals surface area contributed by atoms with E-state index in [1.54, 1.807) is 11.8 Å². The maximum Gasteiger partial charge on any atom is 0.149 e. The summed E-state index contributed by atoms with van der Waals surface area (Å²) in [5.74, 6) is -1.60. The van der Waals surface area contributed by atoms with E-state index in [9.17, 15) is 8.78 Å². The number of nitrogens with zero attached hydrogens (tertiary/aromatic N) is 4. The second-order valence-electron chi connectivity index (χ2n) is 9.02. The quantitative estimate of drug-likeness (QED) is 0.385. The van der Waals surface area contributed by atoms with Crippen LogP contribution in [0.3, 0.4) is 0 Å². The molecule has 0 unspecified atom stereocenters. The summed E-state index contributed by atoms with van der Waals surface area (Å²) in [7, 11) is 1.60. The van der Waals surface area contributed by atoms with E-state index in [4.69, 9.17) is 9.47 Å². The number of rotatable bonds is 5. The number of nitrogens with one attached hydrogen (secondary N) is 1. The van der Waals surface area contributed by atoms with Crippen LogP contribution in [0.1, 0.15) is 11.1 Å². The SMILES string of the molecule is COc1ccc(Cn2ncc3c2-c2cc(N4CCOCC4)cc(F)c2NC(c2c(F)cccc2F)=N3)cc1. The van der Waals surface area contributed by atoms with Crippen LogP contribution in [-0.2, 0) is 11.3 Å². The first kappa shape index (κ1) is 24.1. The summed E-state index contributed by atoms with van der Waals surface area (Å²) < 4.78 is 57.8. The van der Waals surface area contributed by atoms with Gasteiger partial charge in [-0.1, -0.05) is 18.2 Å². The van der Waals surface area contributed by atoms with Crippen molar-refractivity contribution in [2.24, 2.45) is 4.99 Å². The van der Waals surface area contributed by atoms with Crippen molar-refractivity contribution >= 4 is 22.9 Å². The topological polar surface area (TPSA) is 63.9 Å². The zero-order valence-electron chi connectivity index (χ0n) is 20.5. The van der Waals surface area contributed by atoms with Crippen LogP contribution in [0.4, 0.5) is 30.2 Å². The molecule has 4 aromatic rings. The van der Waals surface area contributed by atoms with Gasteiger partial charge in [0.25, 0.3) is 0 Å². The number of morpholine rings is 1. The first-order valence-corrected chi connectivity index (χ1v) is 12.2. The highest BCUT2D eigenvalue weighted by Crippen LogP contribution is 2.42. The molecule has 0 atom stereocenters. The third-order valence-corrected chi connectivity index (χ3v) is 6.69. The minimum atomic E-state index is -0.808. The Morgan fingerprint density at radius 3 is 2.42 bits per heavy atom. The van der Waals surface area contributed by atoms with Gasteiger partial charge in [-0.05, 0) is 42.0 Å². The lowest BCUT2D eigenvalue weighted by atomic mass is 10.1. The standard InChI is InChI=1S/C28H24F3N5O2/c1-37-19-7-5-17(6-8-19)16-36-27-20-13-18(35-9-11-38-12-10-35)14-23(31)26(20)34-28(33-24(27)15-32-36)25-21(29)3-2-4-22(25)30/h2-8,13-15H,9-12,16H2,1H3,(H,33,34). The molecule has 0 spiro atoms. The van der Waals surface area contributed by atoms with Crippen molar-refractivity contribution in [3.63, 3.8) is 0 Å². The second kappa shape index (κ2) is 9.86. The third-order valence-electron chi connectivity index (χ3n) is 6.69. The van der Waals surface area contributed by atoms with Crippen molar-refractivity contribution < 1.29 is 22.6 Å². The average Bonchev–Trinajstić information content (AvgIpc) is 3.23. The van der Waals surface area contributed by atoms with Crippen molar-refractivity contribution in [2.75, 3.05) is 43.6 Å². The monoisotopic (exact) mass is 519 g/mol. The first-order chi connectivity index (χ1) is 18.5. The van der Waals surface area contributed by atoms with Gasteiger partial charge in [-0.3, -0.25) is 4.68 Å². The van der Waals surface area contributed by atoms with Crippen molar-refractivity contribution in [3.05, 3.63) is 89.4 Å². The number of halogens is 3. The van der Waals surface area contributed by atoms with Crippen molar-refractivity contribution in [2.45, 2.75) is 6.54 Å². The maximum absolute atomic E-state index is 15.8. The van der Waals surface area contributed by atoms with E-state index in [-0.39, 0.29) is 17.1 Å². The fourth-order valence-electron chi connectivity index (χ4n) is 4.78. The van der Waals surface area contributed by atoms with Crippen LogP contribution < -0.4 is 15.0 Å². The Morgan fingerprint density at radius 2 is 1.71 bits per heavy atom. The molecule has 2 aliphatic heterocycles. The van der Waals surface area contributed by atoms with Crippen molar-refractivity contribution in [1.29, 1.82) is 0 Å². The maximum atomic E-state index is 15.8. The normalized spacial score (nSPS) is 14.7. The number of hydrogen-bond donors (Lipinski definition) is 1. The second-order valence-corrected chi connectivity index (χ2v) is 9.02. The Hall–Kier alpha value is -4.31. The molecule has 3 heterocycles. The Morgan fingerprint density at radius 1 is 0.974 bits per heavy atom. The smallest absolute Gasteiger partial charge is 0.149 e. The lowest BCUT2D eigenvalue weighted by Crippen LogP contribution is -2.36. The highest BCUT2D eigenvalue weighted by Gasteiger charge is 2.28. The average molecular weight is 520 g/mol. The molecule has 1 N–H and O–H groups in total. The fraction of sp³-hybridized carbons (Fsp3) is 0.214. The zero-order valence-corrected chi connectivity index (χ0v) is 20.5. The molecular weight excluding hydrogens is 495 g/mol. The van der Waals surface area contributed by atoms with Gasteiger partial charge in [-0.25, -0.2) is 18.2 Å². The minimum Gasteiger partial charge on any atom is -0.497 e. The minimum absolute atomic E-state index is 0.0682. The summed E-state index contributed by atoms with van der Waals surface area (Å²) in [5.41, 5.74) is 2.69. The number of ether oxygens (including phenoxy) is 2. The summed E-state index contributed by atoms with van der Waals surface area (Å²) in [5, 5.41) is 7.42. The van der Waals surface area contributed by atoms with Gasteiger partial charge in [0.05, 0.1) is 50.0 Å². The summed E-state index contributed by atoms with van der Waals surface area (Å²) in [6.45, 7) is 2.67. The number of methoxy groups -OCH3 is 1. The van der Waals surface area contributed by atoms with Gasteiger partial charge < -0.3 is 19.7 Å². The highest BCUT2D eigenvalue weighted by atomic mass is 19.1. The van der Waals surface area contributed by atoms with E-state index in [2.05, 4.69) is 15.4 Å². The van der Waals surface area contributed by atoms with Crippen molar-refractivity contribution in [3.8, 4) is 17.0 Å². The Labute approximate surface area is 217 Å². The Balaban J connectivity index is 1.52. The van der Waals surface area contributed by atoms with Gasteiger partial charge in [0, 0.05) is 24.3 Å². The molecule has 194 valence electrons. The molecule has 0 bridgehead atoms. The molecule has 1 aromatic heterocycles. The van der Waals surface area contributed by atoms with Crippen LogP contribution in [0.25, 0.3) is 11.3 Å². The first-order valence-electron chi connectivity index (χ1n) is 12.2. The van der Waals surface area contributed by atoms with Gasteiger partial charge in [0.2, 0.25) is 0 Å². The lowest BCUT2D eigenvalue weighted by Gasteiger charge is -2.29. The van der Waals surface area contributed by atoms with Gasteiger partial charge in [-0.15, -0.1) is 0 Å². The third kappa shape index (κ3) is 4.37. The lowest BCUT2D eigenvalue weighted by molar-refractivity contribution is 0.122. The summed E-state index contributed by atoms with van der Waals surface area (Å²) in [6, 6.07) is 14.3. The van der Waals surface area contributed by atoms with Crippen LogP contribution in [0.2, 0.25) is 0 Å². The van der Waals surface area contributed by atoms with Crippen LogP contribution in [-0.4, -0.2) is 49.0 Å². The van der Waals surface area contributed by atoms with E-state index in [1.165, 1.54) is 18.3 Å². The number of anilines is 2. The molecule has 7 nitrogen and oxygen atoms in total. The largest absolute Gasteiger partial charge is 0.497 e. The number of benzene rings is 3. The van der Waals surface area contributed by atoms with Gasteiger partial charge in [0.15, 0.2) is 0 Å². The number of amidine groups is 1. The summed E-state index contributed by atoms with van der Waals surface area (Å²) in [4.78, 5) is 6.58. The molecule has 1 fully saturated rings.